The average Bonchev–Trinajstić information content (AvgIpc) is 3.33. The Morgan fingerprint density at radius 2 is 1.83 bits per heavy atom. The van der Waals surface area contributed by atoms with Crippen molar-refractivity contribution in [2.45, 2.75) is 68.2 Å². The van der Waals surface area contributed by atoms with Crippen molar-refractivity contribution in [2.24, 2.45) is 5.16 Å². The highest BCUT2D eigenvalue weighted by molar-refractivity contribution is 8.00. The molecular weight excluding hydrogens is 494 g/mol. The number of hydrogen-bond acceptors (Lipinski definition) is 8. The summed E-state index contributed by atoms with van der Waals surface area (Å²) in [4.78, 5) is 41.5. The molecule has 8 nitrogen and oxygen atoms in total. The summed E-state index contributed by atoms with van der Waals surface area (Å²) in [5.41, 5.74) is 1.02. The van der Waals surface area contributed by atoms with Gasteiger partial charge in [-0.1, -0.05) is 17.3 Å². The molecule has 2 aromatic rings. The van der Waals surface area contributed by atoms with Gasteiger partial charge in [-0.25, -0.2) is 4.98 Å². The smallest absolute Gasteiger partial charge is 0.280 e. The maximum absolute atomic E-state index is 13.3. The summed E-state index contributed by atoms with van der Waals surface area (Å²) in [5.74, 6) is -0.185. The number of amides is 2. The Hall–Kier alpha value is -2.43. The molecule has 10 heteroatoms. The van der Waals surface area contributed by atoms with E-state index >= 15 is 0 Å². The van der Waals surface area contributed by atoms with Crippen molar-refractivity contribution in [1.29, 1.82) is 0 Å². The van der Waals surface area contributed by atoms with E-state index < -0.39 is 0 Å². The molecule has 1 aromatic carbocycles. The molecule has 5 rings (SSSR count). The van der Waals surface area contributed by atoms with Gasteiger partial charge in [0.15, 0.2) is 10.8 Å². The van der Waals surface area contributed by atoms with Gasteiger partial charge in [0.1, 0.15) is 6.10 Å². The highest BCUT2D eigenvalue weighted by Gasteiger charge is 2.24. The summed E-state index contributed by atoms with van der Waals surface area (Å²) in [6.45, 7) is 5.54. The van der Waals surface area contributed by atoms with Crippen LogP contribution < -0.4 is 5.32 Å². The normalized spacial score (nSPS) is 19.5. The summed E-state index contributed by atoms with van der Waals surface area (Å²) in [6.07, 6.45) is 8.68. The largest absolute Gasteiger partial charge is 0.392 e. The summed E-state index contributed by atoms with van der Waals surface area (Å²) >= 11 is 3.36. The van der Waals surface area contributed by atoms with Gasteiger partial charge in [-0.3, -0.25) is 19.8 Å². The predicted octanol–water partition coefficient (Wildman–Crippen LogP) is 4.36. The molecule has 192 valence electrons. The van der Waals surface area contributed by atoms with Crippen LogP contribution in [0, 0.1) is 0 Å². The van der Waals surface area contributed by atoms with Gasteiger partial charge >= 0.3 is 0 Å². The van der Waals surface area contributed by atoms with Crippen molar-refractivity contribution >= 4 is 45.8 Å². The highest BCUT2D eigenvalue weighted by Crippen LogP contribution is 2.39. The van der Waals surface area contributed by atoms with Crippen molar-refractivity contribution in [1.82, 2.24) is 14.8 Å². The molecule has 3 fully saturated rings. The van der Waals surface area contributed by atoms with Crippen molar-refractivity contribution < 1.29 is 14.4 Å². The monoisotopic (exact) mass is 527 g/mol. The lowest BCUT2D eigenvalue weighted by Crippen LogP contribution is -2.47. The number of nitrogens with zero attached hydrogens (tertiary/aromatic N) is 4. The lowest BCUT2D eigenvalue weighted by Gasteiger charge is -2.33. The number of thiazole rings is 1. The molecule has 2 amide bonds. The molecule has 1 aromatic heterocycles. The molecule has 2 heterocycles. The quantitative estimate of drug-likeness (QED) is 0.385. The highest BCUT2D eigenvalue weighted by atomic mass is 32.2. The van der Waals surface area contributed by atoms with Gasteiger partial charge in [0.2, 0.25) is 5.91 Å². The maximum atomic E-state index is 13.3. The molecule has 2 aliphatic carbocycles. The summed E-state index contributed by atoms with van der Waals surface area (Å²) in [7, 11) is 0. The number of piperazine rings is 1. The molecular formula is C26H33N5O3S2. The number of carbonyl (C=O) groups excluding carboxylic acids is 2. The third-order valence-corrected chi connectivity index (χ3v) is 8.98. The van der Waals surface area contributed by atoms with E-state index in [9.17, 15) is 9.59 Å². The second-order valence-corrected chi connectivity index (χ2v) is 12.2. The molecule has 3 aliphatic rings. The van der Waals surface area contributed by atoms with E-state index in [1.165, 1.54) is 29.1 Å². The number of benzene rings is 1. The van der Waals surface area contributed by atoms with Crippen molar-refractivity contribution in [2.75, 3.05) is 31.5 Å². The minimum absolute atomic E-state index is 0.0763. The molecule has 2 saturated carbocycles. The van der Waals surface area contributed by atoms with Crippen molar-refractivity contribution in [3.63, 3.8) is 0 Å². The van der Waals surface area contributed by atoms with Crippen LogP contribution in [0.3, 0.4) is 0 Å². The Balaban J connectivity index is 1.22. The van der Waals surface area contributed by atoms with Crippen molar-refractivity contribution in [3.8, 4) is 0 Å². The Bertz CT molecular complexity index is 1090. The molecule has 0 unspecified atom stereocenters. The Labute approximate surface area is 220 Å². The zero-order valence-electron chi connectivity index (χ0n) is 20.6. The van der Waals surface area contributed by atoms with Gasteiger partial charge in [-0.2, -0.15) is 0 Å². The Kier molecular flexibility index (Phi) is 8.23. The first-order valence-electron chi connectivity index (χ1n) is 12.8. The number of nitrogens with one attached hydrogen (secondary N) is 1. The molecule has 1 N–H and O–H groups in total. The number of thioether (sulfide) groups is 1. The number of aromatic nitrogens is 1. The lowest BCUT2D eigenvalue weighted by atomic mass is 10.1. The van der Waals surface area contributed by atoms with Gasteiger partial charge in [0.05, 0.1) is 0 Å². The van der Waals surface area contributed by atoms with Crippen LogP contribution in [0.25, 0.3) is 0 Å². The fraction of sp³-hybridized carbons (Fsp3) is 0.538. The predicted molar refractivity (Wildman–Crippen MR) is 143 cm³/mol. The Morgan fingerprint density at radius 3 is 2.50 bits per heavy atom. The topological polar surface area (TPSA) is 87.1 Å². The molecule has 0 bridgehead atoms. The molecule has 0 atom stereocenters. The molecule has 1 aliphatic heterocycles. The first kappa shape index (κ1) is 25.2. The first-order chi connectivity index (χ1) is 17.5. The van der Waals surface area contributed by atoms with E-state index in [2.05, 4.69) is 32.5 Å². The van der Waals surface area contributed by atoms with Gasteiger partial charge in [0.25, 0.3) is 5.91 Å². The summed E-state index contributed by atoms with van der Waals surface area (Å²) in [6, 6.07) is 8.03. The fourth-order valence-electron chi connectivity index (χ4n) is 4.45. The van der Waals surface area contributed by atoms with E-state index in [1.54, 1.807) is 6.92 Å². The van der Waals surface area contributed by atoms with E-state index in [1.807, 2.05) is 35.0 Å². The summed E-state index contributed by atoms with van der Waals surface area (Å²) < 4.78 is 0. The average molecular weight is 528 g/mol. The molecule has 1 saturated heterocycles. The van der Waals surface area contributed by atoms with Crippen LogP contribution >= 0.6 is 23.1 Å². The second-order valence-electron chi connectivity index (χ2n) is 9.66. The Morgan fingerprint density at radius 1 is 1.11 bits per heavy atom. The van der Waals surface area contributed by atoms with Crippen LogP contribution in [0.1, 0.15) is 55.9 Å². The van der Waals surface area contributed by atoms with E-state index in [-0.39, 0.29) is 23.6 Å². The zero-order chi connectivity index (χ0) is 24.9. The van der Waals surface area contributed by atoms with Crippen LogP contribution in [0.5, 0.6) is 0 Å². The van der Waals surface area contributed by atoms with E-state index in [0.717, 1.165) is 74.1 Å². The minimum atomic E-state index is -0.313. The SMILES string of the molecule is CC(=O)N1CCN(Cc2cnc(NC(=O)/C(=N/OC3CCCC3)c3ccc(SC4CC4)cc3)s2)CC1. The van der Waals surface area contributed by atoms with Crippen LogP contribution in [0.15, 0.2) is 40.5 Å². The number of oxime groups is 1. The fourth-order valence-corrected chi connectivity index (χ4v) is 6.35. The van der Waals surface area contributed by atoms with Gasteiger partial charge < -0.3 is 9.74 Å². The lowest BCUT2D eigenvalue weighted by molar-refractivity contribution is -0.130. The summed E-state index contributed by atoms with van der Waals surface area (Å²) in [5, 5.41) is 8.54. The van der Waals surface area contributed by atoms with Gasteiger partial charge in [-0.15, -0.1) is 23.1 Å². The second kappa shape index (κ2) is 11.7. The maximum Gasteiger partial charge on any atom is 0.280 e. The van der Waals surface area contributed by atoms with Crippen LogP contribution in [0.4, 0.5) is 5.13 Å². The third-order valence-electron chi connectivity index (χ3n) is 6.74. The van der Waals surface area contributed by atoms with Crippen LogP contribution in [-0.4, -0.2) is 69.8 Å². The number of rotatable bonds is 9. The van der Waals surface area contributed by atoms with E-state index in [4.69, 9.17) is 4.84 Å². The minimum Gasteiger partial charge on any atom is -0.392 e. The van der Waals surface area contributed by atoms with Crippen molar-refractivity contribution in [3.05, 3.63) is 40.9 Å². The van der Waals surface area contributed by atoms with Gasteiger partial charge in [-0.05, 0) is 50.7 Å². The first-order valence-corrected chi connectivity index (χ1v) is 14.5. The van der Waals surface area contributed by atoms with E-state index in [0.29, 0.717) is 5.13 Å². The number of anilines is 1. The molecule has 0 spiro atoms. The number of hydrogen-bond donors (Lipinski definition) is 1. The molecule has 36 heavy (non-hydrogen) atoms. The van der Waals surface area contributed by atoms with Gasteiger partial charge in [0, 0.05) is 66.4 Å². The standard InChI is InChI=1S/C26H33N5O3S2/c1-18(32)31-14-12-30(13-15-31)17-23-16-27-26(36-23)28-25(33)24(29-34-20-4-2-3-5-20)19-6-8-21(9-7-19)35-22-10-11-22/h6-9,16,20,22H,2-5,10-15,17H2,1H3,(H,27,28,33)/b29-24+. The zero-order valence-corrected chi connectivity index (χ0v) is 22.3. The van der Waals surface area contributed by atoms with Crippen LogP contribution in [-0.2, 0) is 21.0 Å². The third kappa shape index (κ3) is 6.86. The number of carbonyl (C=O) groups is 2. The molecule has 0 radical (unpaired) electrons. The van der Waals surface area contributed by atoms with Crippen LogP contribution in [0.2, 0.25) is 0 Å².